The zero-order chi connectivity index (χ0) is 14.0. The molecule has 19 heavy (non-hydrogen) atoms. The van der Waals surface area contributed by atoms with Crippen LogP contribution in [0.15, 0.2) is 18.2 Å². The minimum absolute atomic E-state index is 0.0592. The Hall–Kier alpha value is -2.04. The highest BCUT2D eigenvalue weighted by atomic mass is 16.5. The predicted octanol–water partition coefficient (Wildman–Crippen LogP) is 1.46. The average Bonchev–Trinajstić information content (AvgIpc) is 2.40. The molecule has 5 heteroatoms. The van der Waals surface area contributed by atoms with Gasteiger partial charge in [0.1, 0.15) is 11.5 Å². The molecular formula is C14H18N2O3. The number of ketones is 1. The quantitative estimate of drug-likeness (QED) is 0.824. The van der Waals surface area contributed by atoms with Crippen LogP contribution in [0.3, 0.4) is 0 Å². The van der Waals surface area contributed by atoms with Gasteiger partial charge in [0.05, 0.1) is 5.69 Å². The minimum atomic E-state index is -0.0592. The van der Waals surface area contributed by atoms with Crippen molar-refractivity contribution in [1.29, 1.82) is 0 Å². The van der Waals surface area contributed by atoms with E-state index < -0.39 is 0 Å². The summed E-state index contributed by atoms with van der Waals surface area (Å²) in [5, 5.41) is 0. The summed E-state index contributed by atoms with van der Waals surface area (Å²) in [6.45, 7) is 2.33. The summed E-state index contributed by atoms with van der Waals surface area (Å²) >= 11 is 0. The number of carbonyl (C=O) groups is 2. The predicted molar refractivity (Wildman–Crippen MR) is 73.9 cm³/mol. The van der Waals surface area contributed by atoms with Crippen LogP contribution in [0.4, 0.5) is 11.4 Å². The molecule has 1 aromatic carbocycles. The lowest BCUT2D eigenvalue weighted by molar-refractivity contribution is -0.121. The van der Waals surface area contributed by atoms with E-state index in [1.165, 1.54) is 0 Å². The summed E-state index contributed by atoms with van der Waals surface area (Å²) in [6, 6.07) is 5.70. The molecule has 0 fully saturated rings. The molecule has 0 aliphatic carbocycles. The van der Waals surface area contributed by atoms with Crippen LogP contribution in [-0.2, 0) is 9.59 Å². The van der Waals surface area contributed by atoms with E-state index in [9.17, 15) is 9.59 Å². The number of rotatable bonds is 4. The van der Waals surface area contributed by atoms with Crippen molar-refractivity contribution < 1.29 is 14.3 Å². The van der Waals surface area contributed by atoms with Gasteiger partial charge >= 0.3 is 0 Å². The Bertz CT molecular complexity index is 513. The van der Waals surface area contributed by atoms with E-state index in [1.54, 1.807) is 18.9 Å². The van der Waals surface area contributed by atoms with E-state index in [0.717, 1.165) is 11.4 Å². The van der Waals surface area contributed by atoms with Crippen molar-refractivity contribution in [2.45, 2.75) is 13.3 Å². The van der Waals surface area contributed by atoms with Crippen LogP contribution in [0.5, 0.6) is 5.75 Å². The Labute approximate surface area is 112 Å². The first-order chi connectivity index (χ1) is 8.99. The second-order valence-electron chi connectivity index (χ2n) is 4.77. The summed E-state index contributed by atoms with van der Waals surface area (Å²) in [7, 11) is 3.67. The molecule has 1 aliphatic rings. The van der Waals surface area contributed by atoms with Crippen LogP contribution >= 0.6 is 0 Å². The molecule has 1 aromatic rings. The van der Waals surface area contributed by atoms with Crippen LogP contribution in [-0.4, -0.2) is 38.9 Å². The lowest BCUT2D eigenvalue weighted by Crippen LogP contribution is -2.35. The van der Waals surface area contributed by atoms with Gasteiger partial charge in [-0.15, -0.1) is 0 Å². The first kappa shape index (κ1) is 13.4. The summed E-state index contributed by atoms with van der Waals surface area (Å²) in [5.41, 5.74) is 1.73. The summed E-state index contributed by atoms with van der Waals surface area (Å²) in [4.78, 5) is 26.2. The zero-order valence-corrected chi connectivity index (χ0v) is 11.5. The standard InChI is InChI=1S/C14H18N2O3/c1-10(17)6-7-15(2)11-4-5-13-12(8-11)16(3)14(18)9-19-13/h4-5,8H,6-7,9H2,1-3H3. The van der Waals surface area contributed by atoms with Gasteiger partial charge in [0.15, 0.2) is 6.61 Å². The smallest absolute Gasteiger partial charge is 0.264 e. The highest BCUT2D eigenvalue weighted by Crippen LogP contribution is 2.34. The molecule has 1 amide bonds. The summed E-state index contributed by atoms with van der Waals surface area (Å²) < 4.78 is 5.38. The molecule has 0 atom stereocenters. The fourth-order valence-electron chi connectivity index (χ4n) is 1.95. The number of carbonyl (C=O) groups excluding carboxylic acids is 2. The number of ether oxygens (including phenoxy) is 1. The highest BCUT2D eigenvalue weighted by Gasteiger charge is 2.22. The van der Waals surface area contributed by atoms with Crippen LogP contribution in [0.25, 0.3) is 0 Å². The van der Waals surface area contributed by atoms with Crippen LogP contribution < -0.4 is 14.5 Å². The number of fused-ring (bicyclic) bond motifs is 1. The number of hydrogen-bond donors (Lipinski definition) is 0. The number of hydrogen-bond acceptors (Lipinski definition) is 4. The molecule has 0 radical (unpaired) electrons. The van der Waals surface area contributed by atoms with Gasteiger partial charge < -0.3 is 14.5 Å². The second kappa shape index (κ2) is 5.30. The Balaban J connectivity index is 2.20. The van der Waals surface area contributed by atoms with E-state index in [1.807, 2.05) is 30.1 Å². The first-order valence-electron chi connectivity index (χ1n) is 6.23. The number of amides is 1. The molecular weight excluding hydrogens is 244 g/mol. The Morgan fingerprint density at radius 3 is 2.89 bits per heavy atom. The molecule has 0 aromatic heterocycles. The van der Waals surface area contributed by atoms with Crippen LogP contribution in [0.1, 0.15) is 13.3 Å². The lowest BCUT2D eigenvalue weighted by Gasteiger charge is -2.28. The van der Waals surface area contributed by atoms with E-state index >= 15 is 0 Å². The van der Waals surface area contributed by atoms with Gasteiger partial charge in [-0.3, -0.25) is 9.59 Å². The first-order valence-corrected chi connectivity index (χ1v) is 6.23. The minimum Gasteiger partial charge on any atom is -0.482 e. The largest absolute Gasteiger partial charge is 0.482 e. The van der Waals surface area contributed by atoms with Crippen molar-refractivity contribution in [1.82, 2.24) is 0 Å². The number of likely N-dealkylation sites (N-methyl/N-ethyl adjacent to an activating group) is 1. The molecule has 0 saturated carbocycles. The fraction of sp³-hybridized carbons (Fsp3) is 0.429. The van der Waals surface area contributed by atoms with E-state index in [2.05, 4.69) is 0 Å². The molecule has 0 bridgehead atoms. The van der Waals surface area contributed by atoms with Gasteiger partial charge in [-0.05, 0) is 25.1 Å². The third-order valence-electron chi connectivity index (χ3n) is 3.27. The van der Waals surface area contributed by atoms with Gasteiger partial charge in [-0.2, -0.15) is 0 Å². The molecule has 0 saturated heterocycles. The Kier molecular flexibility index (Phi) is 3.74. The SMILES string of the molecule is CC(=O)CCN(C)c1ccc2c(c1)N(C)C(=O)CO2. The van der Waals surface area contributed by atoms with Crippen molar-refractivity contribution in [3.63, 3.8) is 0 Å². The number of nitrogens with zero attached hydrogens (tertiary/aromatic N) is 2. The highest BCUT2D eigenvalue weighted by molar-refractivity contribution is 5.97. The van der Waals surface area contributed by atoms with Gasteiger partial charge in [-0.1, -0.05) is 0 Å². The van der Waals surface area contributed by atoms with E-state index in [4.69, 9.17) is 4.74 Å². The number of anilines is 2. The maximum Gasteiger partial charge on any atom is 0.264 e. The van der Waals surface area contributed by atoms with Crippen molar-refractivity contribution in [3.05, 3.63) is 18.2 Å². The molecule has 0 unspecified atom stereocenters. The Morgan fingerprint density at radius 1 is 1.47 bits per heavy atom. The normalized spacial score (nSPS) is 13.8. The lowest BCUT2D eigenvalue weighted by atomic mass is 10.2. The number of benzene rings is 1. The second-order valence-corrected chi connectivity index (χ2v) is 4.77. The van der Waals surface area contributed by atoms with Crippen LogP contribution in [0.2, 0.25) is 0 Å². The molecule has 2 rings (SSSR count). The maximum absolute atomic E-state index is 11.6. The topological polar surface area (TPSA) is 49.9 Å². The summed E-state index contributed by atoms with van der Waals surface area (Å²) in [6.07, 6.45) is 0.513. The van der Waals surface area contributed by atoms with Gasteiger partial charge in [0.25, 0.3) is 5.91 Å². The summed E-state index contributed by atoms with van der Waals surface area (Å²) in [5.74, 6) is 0.822. The van der Waals surface area contributed by atoms with E-state index in [0.29, 0.717) is 18.7 Å². The van der Waals surface area contributed by atoms with E-state index in [-0.39, 0.29) is 18.3 Å². The third kappa shape index (κ3) is 2.86. The molecule has 0 N–H and O–H groups in total. The van der Waals surface area contributed by atoms with Gasteiger partial charge in [0, 0.05) is 32.7 Å². The molecule has 5 nitrogen and oxygen atoms in total. The van der Waals surface area contributed by atoms with Gasteiger partial charge in [-0.25, -0.2) is 0 Å². The third-order valence-corrected chi connectivity index (χ3v) is 3.27. The maximum atomic E-state index is 11.6. The van der Waals surface area contributed by atoms with Gasteiger partial charge in [0.2, 0.25) is 0 Å². The molecule has 1 aliphatic heterocycles. The van der Waals surface area contributed by atoms with Crippen LogP contribution in [0, 0.1) is 0 Å². The van der Waals surface area contributed by atoms with Crippen molar-refractivity contribution in [2.75, 3.05) is 37.0 Å². The van der Waals surface area contributed by atoms with Crippen molar-refractivity contribution >= 4 is 23.1 Å². The van der Waals surface area contributed by atoms with Crippen molar-refractivity contribution in [3.8, 4) is 5.75 Å². The Morgan fingerprint density at radius 2 is 2.21 bits per heavy atom. The fourth-order valence-corrected chi connectivity index (χ4v) is 1.95. The average molecular weight is 262 g/mol. The number of Topliss-reactive ketones (excluding diaryl/α,β-unsaturated/α-hetero) is 1. The zero-order valence-electron chi connectivity index (χ0n) is 11.5. The molecule has 1 heterocycles. The van der Waals surface area contributed by atoms with Crippen molar-refractivity contribution in [2.24, 2.45) is 0 Å². The monoisotopic (exact) mass is 262 g/mol. The molecule has 0 spiro atoms. The molecule has 102 valence electrons.